The van der Waals surface area contributed by atoms with Crippen molar-refractivity contribution >= 4 is 11.7 Å². The molecule has 0 heterocycles. The summed E-state index contributed by atoms with van der Waals surface area (Å²) in [6, 6.07) is 0. The molecule has 0 aromatic rings. The van der Waals surface area contributed by atoms with E-state index in [1.165, 1.54) is 5.57 Å². The van der Waals surface area contributed by atoms with Gasteiger partial charge in [-0.25, -0.2) is 0 Å². The first kappa shape index (κ1) is 28.3. The number of allylic oxidation sites excluding steroid dienone is 2. The molecule has 5 aliphatic rings. The minimum Gasteiger partial charge on any atom is -0.396 e. The Hall–Kier alpha value is -1.24. The maximum absolute atomic E-state index is 14.5. The van der Waals surface area contributed by atoms with Crippen LogP contribution in [-0.4, -0.2) is 34.2 Å². The molecule has 4 fully saturated rings. The molecule has 10 atom stereocenters. The standard InChI is InChI=1S/C32H52N2O4/c1-26(2)23-8-10-31(7)24(29(23,5)17-19(9-15-35)32(26,34)38)22(36)16-20-21-18-28(4,25(33)37)12-11-27(21,3)13-14-30(20,31)6/h16,19,21,23-24,35,38H,8-15,17-18,34H2,1-7H3,(H2,33,37)/t19?,21-,23?,24-,27-,28+,29+,30-,31-,32+/m1/s1. The van der Waals surface area contributed by atoms with Crippen LogP contribution in [0.4, 0.5) is 0 Å². The van der Waals surface area contributed by atoms with Crippen molar-refractivity contribution in [3.63, 3.8) is 0 Å². The van der Waals surface area contributed by atoms with Gasteiger partial charge in [-0.15, -0.1) is 0 Å². The Morgan fingerprint density at radius 3 is 2.24 bits per heavy atom. The van der Waals surface area contributed by atoms with Crippen LogP contribution in [0, 0.1) is 56.2 Å². The summed E-state index contributed by atoms with van der Waals surface area (Å²) in [6.45, 7) is 15.5. The fourth-order valence-corrected chi connectivity index (χ4v) is 11.2. The van der Waals surface area contributed by atoms with Crippen LogP contribution < -0.4 is 11.5 Å². The highest BCUT2D eigenvalue weighted by Gasteiger charge is 2.72. The molecule has 0 aromatic heterocycles. The van der Waals surface area contributed by atoms with Crippen molar-refractivity contribution in [1.29, 1.82) is 0 Å². The monoisotopic (exact) mass is 528 g/mol. The number of aliphatic hydroxyl groups excluding tert-OH is 1. The lowest BCUT2D eigenvalue weighted by Gasteiger charge is -2.72. The van der Waals surface area contributed by atoms with E-state index in [2.05, 4.69) is 41.5 Å². The number of rotatable bonds is 3. The molecule has 0 aliphatic heterocycles. The Bertz CT molecular complexity index is 1080. The van der Waals surface area contributed by atoms with Gasteiger partial charge in [0, 0.05) is 29.3 Å². The van der Waals surface area contributed by atoms with Crippen LogP contribution in [0.2, 0.25) is 0 Å². The van der Waals surface area contributed by atoms with Crippen molar-refractivity contribution in [2.45, 2.75) is 112 Å². The van der Waals surface area contributed by atoms with Gasteiger partial charge in [0.25, 0.3) is 0 Å². The average molecular weight is 529 g/mol. The number of fused-ring (bicyclic) bond motifs is 7. The molecule has 5 aliphatic carbocycles. The summed E-state index contributed by atoms with van der Waals surface area (Å²) in [5, 5.41) is 21.5. The van der Waals surface area contributed by atoms with Crippen molar-refractivity contribution in [2.24, 2.45) is 67.6 Å². The third-order valence-corrected chi connectivity index (χ3v) is 14.1. The maximum atomic E-state index is 14.5. The Kier molecular flexibility index (Phi) is 6.08. The zero-order valence-corrected chi connectivity index (χ0v) is 24.8. The Morgan fingerprint density at radius 1 is 1.00 bits per heavy atom. The molecule has 0 aromatic carbocycles. The topological polar surface area (TPSA) is 127 Å². The SMILES string of the molecule is CC1(C)C2CC[C@]3(C)[C@H](C(=O)C=C4[C@H]5C[C@@](C)(C(N)=O)CC[C@]5(C)CC[C@]43C)[C@@]2(C)CC(CCO)[C@]1(N)O. The Labute approximate surface area is 229 Å². The van der Waals surface area contributed by atoms with Crippen LogP contribution in [0.15, 0.2) is 11.6 Å². The van der Waals surface area contributed by atoms with E-state index in [9.17, 15) is 19.8 Å². The molecule has 0 spiro atoms. The number of primary amides is 1. The second-order valence-electron chi connectivity index (χ2n) is 16.1. The van der Waals surface area contributed by atoms with Gasteiger partial charge in [0.2, 0.25) is 5.91 Å². The van der Waals surface area contributed by atoms with Gasteiger partial charge in [-0.2, -0.15) is 0 Å². The van der Waals surface area contributed by atoms with Crippen molar-refractivity contribution < 1.29 is 19.8 Å². The first-order chi connectivity index (χ1) is 17.3. The number of carbonyl (C=O) groups is 2. The molecule has 0 saturated heterocycles. The number of aliphatic hydroxyl groups is 2. The largest absolute Gasteiger partial charge is 0.396 e. The molecule has 5 rings (SSSR count). The molecular weight excluding hydrogens is 476 g/mol. The van der Waals surface area contributed by atoms with Crippen LogP contribution >= 0.6 is 0 Å². The lowest BCUT2D eigenvalue weighted by molar-refractivity contribution is -0.252. The Morgan fingerprint density at radius 2 is 1.63 bits per heavy atom. The normalized spacial score (nSPS) is 53.6. The molecule has 1 amide bonds. The average Bonchev–Trinajstić information content (AvgIpc) is 2.80. The van der Waals surface area contributed by atoms with Crippen molar-refractivity contribution in [2.75, 3.05) is 6.61 Å². The highest BCUT2D eigenvalue weighted by atomic mass is 16.3. The number of ketones is 1. The smallest absolute Gasteiger partial charge is 0.223 e. The predicted molar refractivity (Wildman–Crippen MR) is 148 cm³/mol. The fourth-order valence-electron chi connectivity index (χ4n) is 11.2. The van der Waals surface area contributed by atoms with Gasteiger partial charge in [0.05, 0.1) is 0 Å². The van der Waals surface area contributed by atoms with Crippen LogP contribution in [0.5, 0.6) is 0 Å². The minimum atomic E-state index is -1.40. The molecule has 38 heavy (non-hydrogen) atoms. The van der Waals surface area contributed by atoms with Gasteiger partial charge >= 0.3 is 0 Å². The highest BCUT2D eigenvalue weighted by Crippen LogP contribution is 2.76. The van der Waals surface area contributed by atoms with E-state index in [1.54, 1.807) is 0 Å². The van der Waals surface area contributed by atoms with Gasteiger partial charge in [-0.05, 0) is 97.4 Å². The summed E-state index contributed by atoms with van der Waals surface area (Å²) in [7, 11) is 0. The van der Waals surface area contributed by atoms with Gasteiger partial charge in [-0.1, -0.05) is 54.0 Å². The number of nitrogens with two attached hydrogens (primary N) is 2. The molecule has 4 saturated carbocycles. The van der Waals surface area contributed by atoms with Crippen molar-refractivity contribution in [3.8, 4) is 0 Å². The fraction of sp³-hybridized carbons (Fsp3) is 0.875. The number of carbonyl (C=O) groups excluding carboxylic acids is 2. The van der Waals surface area contributed by atoms with Crippen molar-refractivity contribution in [1.82, 2.24) is 0 Å². The third-order valence-electron chi connectivity index (χ3n) is 14.1. The summed E-state index contributed by atoms with van der Waals surface area (Å²) >= 11 is 0. The van der Waals surface area contributed by atoms with E-state index in [-0.39, 0.29) is 63.6 Å². The first-order valence-electron chi connectivity index (χ1n) is 15.0. The third kappa shape index (κ3) is 3.29. The summed E-state index contributed by atoms with van der Waals surface area (Å²) in [5.41, 5.74) is 10.7. The lowest BCUT2D eigenvalue weighted by Crippen LogP contribution is -2.73. The van der Waals surface area contributed by atoms with Crippen LogP contribution in [-0.2, 0) is 9.59 Å². The zero-order chi connectivity index (χ0) is 28.3. The number of hydrogen-bond acceptors (Lipinski definition) is 5. The molecule has 6 nitrogen and oxygen atoms in total. The predicted octanol–water partition coefficient (Wildman–Crippen LogP) is 4.71. The van der Waals surface area contributed by atoms with E-state index in [0.29, 0.717) is 12.8 Å². The van der Waals surface area contributed by atoms with Crippen LogP contribution in [0.3, 0.4) is 0 Å². The summed E-state index contributed by atoms with van der Waals surface area (Å²) < 4.78 is 0. The summed E-state index contributed by atoms with van der Waals surface area (Å²) in [5.74, 6) is -0.180. The van der Waals surface area contributed by atoms with Crippen LogP contribution in [0.25, 0.3) is 0 Å². The summed E-state index contributed by atoms with van der Waals surface area (Å²) in [4.78, 5) is 27.0. The number of hydrogen-bond donors (Lipinski definition) is 4. The molecule has 6 heteroatoms. The zero-order valence-electron chi connectivity index (χ0n) is 24.8. The van der Waals surface area contributed by atoms with Gasteiger partial charge in [0.15, 0.2) is 5.78 Å². The summed E-state index contributed by atoms with van der Waals surface area (Å²) in [6.07, 6.45) is 9.55. The molecule has 2 unspecified atom stereocenters. The molecular formula is C32H52N2O4. The second-order valence-corrected chi connectivity index (χ2v) is 16.1. The Balaban J connectivity index is 1.63. The minimum absolute atomic E-state index is 0.0302. The molecule has 214 valence electrons. The van der Waals surface area contributed by atoms with E-state index in [4.69, 9.17) is 11.5 Å². The van der Waals surface area contributed by atoms with E-state index >= 15 is 0 Å². The molecule has 0 radical (unpaired) electrons. The van der Waals surface area contributed by atoms with Crippen molar-refractivity contribution in [3.05, 3.63) is 11.6 Å². The van der Waals surface area contributed by atoms with E-state index < -0.39 is 16.6 Å². The lowest BCUT2D eigenvalue weighted by atomic mass is 9.32. The van der Waals surface area contributed by atoms with Gasteiger partial charge in [0.1, 0.15) is 5.72 Å². The van der Waals surface area contributed by atoms with E-state index in [0.717, 1.165) is 44.9 Å². The van der Waals surface area contributed by atoms with Gasteiger partial charge in [-0.3, -0.25) is 9.59 Å². The van der Waals surface area contributed by atoms with Gasteiger partial charge < -0.3 is 21.7 Å². The van der Waals surface area contributed by atoms with Crippen LogP contribution in [0.1, 0.15) is 106 Å². The highest BCUT2D eigenvalue weighted by molar-refractivity contribution is 5.95. The van der Waals surface area contributed by atoms with E-state index in [1.807, 2.05) is 13.0 Å². The second kappa shape index (κ2) is 8.16. The molecule has 6 N–H and O–H groups in total. The first-order valence-corrected chi connectivity index (χ1v) is 15.0. The quantitative estimate of drug-likeness (QED) is 0.395. The number of amides is 1. The molecule has 0 bridgehead atoms. The maximum Gasteiger partial charge on any atom is 0.223 e.